The first-order valence-corrected chi connectivity index (χ1v) is 7.86. The maximum Gasteiger partial charge on any atom is 0.270 e. The molecule has 0 fully saturated rings. The molecule has 2 N–H and O–H groups in total. The average Bonchev–Trinajstić information content (AvgIpc) is 2.61. The van der Waals surface area contributed by atoms with Crippen molar-refractivity contribution in [3.05, 3.63) is 82.9 Å². The number of benzene rings is 3. The van der Waals surface area contributed by atoms with E-state index in [0.717, 1.165) is 10.8 Å². The number of rotatable bonds is 3. The number of amides is 1. The predicted octanol–water partition coefficient (Wildman–Crippen LogP) is 4.92. The van der Waals surface area contributed by atoms with Gasteiger partial charge in [-0.3, -0.25) is 4.79 Å². The molecule has 0 aliphatic heterocycles. The number of anilines is 1. The molecule has 0 bridgehead atoms. The number of nitrogens with one attached hydrogen (secondary N) is 1. The number of nitrogens with zero attached hydrogens (tertiary/aromatic N) is 1. The van der Waals surface area contributed by atoms with Crippen LogP contribution < -0.4 is 5.32 Å². The maximum absolute atomic E-state index is 12.4. The Kier molecular flexibility index (Phi) is 4.69. The van der Waals surface area contributed by atoms with E-state index in [1.165, 1.54) is 0 Å². The summed E-state index contributed by atoms with van der Waals surface area (Å²) in [6, 6.07) is 21.1. The first-order chi connectivity index (χ1) is 12.1. The SMILES string of the molecule is N#C/C(C(=O)Nc1cccc(Cl)c1)=C(/O)c1cccc2ccccc12. The first kappa shape index (κ1) is 16.6. The van der Waals surface area contributed by atoms with E-state index in [9.17, 15) is 15.2 Å². The molecule has 0 radical (unpaired) electrons. The quantitative estimate of drug-likeness (QED) is 0.400. The molecule has 0 saturated carbocycles. The molecule has 0 aliphatic rings. The number of aliphatic hydroxyl groups excluding tert-OH is 1. The highest BCUT2D eigenvalue weighted by atomic mass is 35.5. The van der Waals surface area contributed by atoms with Crippen molar-refractivity contribution >= 4 is 39.7 Å². The number of hydrogen-bond donors (Lipinski definition) is 2. The molecule has 0 saturated heterocycles. The fraction of sp³-hybridized carbons (Fsp3) is 0. The summed E-state index contributed by atoms with van der Waals surface area (Å²) in [5.74, 6) is -1.06. The Labute approximate surface area is 149 Å². The summed E-state index contributed by atoms with van der Waals surface area (Å²) < 4.78 is 0. The molecule has 5 heteroatoms. The Hall–Kier alpha value is -3.29. The van der Waals surface area contributed by atoms with E-state index in [2.05, 4.69) is 5.32 Å². The topological polar surface area (TPSA) is 73.1 Å². The van der Waals surface area contributed by atoms with Crippen LogP contribution in [-0.4, -0.2) is 11.0 Å². The summed E-state index contributed by atoms with van der Waals surface area (Å²) in [7, 11) is 0. The molecule has 0 spiro atoms. The normalized spacial score (nSPS) is 11.5. The van der Waals surface area contributed by atoms with Crippen LogP contribution in [0.3, 0.4) is 0 Å². The molecule has 4 nitrogen and oxygen atoms in total. The zero-order valence-electron chi connectivity index (χ0n) is 13.0. The van der Waals surface area contributed by atoms with Crippen molar-refractivity contribution in [2.45, 2.75) is 0 Å². The summed E-state index contributed by atoms with van der Waals surface area (Å²) in [6.07, 6.45) is 0. The minimum atomic E-state index is -0.699. The first-order valence-electron chi connectivity index (χ1n) is 7.48. The summed E-state index contributed by atoms with van der Waals surface area (Å²) in [4.78, 5) is 12.4. The number of fused-ring (bicyclic) bond motifs is 1. The third-order valence-corrected chi connectivity index (χ3v) is 3.94. The summed E-state index contributed by atoms with van der Waals surface area (Å²) >= 11 is 5.89. The number of aliphatic hydroxyl groups is 1. The highest BCUT2D eigenvalue weighted by Crippen LogP contribution is 2.26. The van der Waals surface area contributed by atoms with Crippen molar-refractivity contribution in [2.75, 3.05) is 5.32 Å². The molecule has 0 heterocycles. The second-order valence-electron chi connectivity index (χ2n) is 5.33. The lowest BCUT2D eigenvalue weighted by molar-refractivity contribution is -0.112. The third kappa shape index (κ3) is 3.47. The van der Waals surface area contributed by atoms with E-state index in [-0.39, 0.29) is 11.3 Å². The second kappa shape index (κ2) is 7.08. The molecule has 0 aromatic heterocycles. The molecule has 3 rings (SSSR count). The van der Waals surface area contributed by atoms with Gasteiger partial charge in [0.05, 0.1) is 0 Å². The van der Waals surface area contributed by atoms with Gasteiger partial charge in [0.1, 0.15) is 11.8 Å². The molecular formula is C20H13ClN2O2. The summed E-state index contributed by atoms with van der Waals surface area (Å²) in [6.45, 7) is 0. The van der Waals surface area contributed by atoms with Crippen LogP contribution in [0.1, 0.15) is 5.56 Å². The van der Waals surface area contributed by atoms with Crippen molar-refractivity contribution in [3.63, 3.8) is 0 Å². The third-order valence-electron chi connectivity index (χ3n) is 3.70. The van der Waals surface area contributed by atoms with Gasteiger partial charge in [-0.15, -0.1) is 0 Å². The highest BCUT2D eigenvalue weighted by molar-refractivity contribution is 6.31. The predicted molar refractivity (Wildman–Crippen MR) is 99.2 cm³/mol. The van der Waals surface area contributed by atoms with E-state index < -0.39 is 5.91 Å². The van der Waals surface area contributed by atoms with Gasteiger partial charge in [-0.1, -0.05) is 60.1 Å². The summed E-state index contributed by atoms with van der Waals surface area (Å²) in [5, 5.41) is 24.6. The Bertz CT molecular complexity index is 1030. The molecule has 0 aliphatic carbocycles. The smallest absolute Gasteiger partial charge is 0.270 e. The minimum Gasteiger partial charge on any atom is -0.506 e. The van der Waals surface area contributed by atoms with Gasteiger partial charge in [0.25, 0.3) is 5.91 Å². The van der Waals surface area contributed by atoms with E-state index in [0.29, 0.717) is 16.3 Å². The largest absolute Gasteiger partial charge is 0.506 e. The Morgan fingerprint density at radius 3 is 2.52 bits per heavy atom. The van der Waals surface area contributed by atoms with E-state index in [1.54, 1.807) is 42.5 Å². The van der Waals surface area contributed by atoms with Crippen LogP contribution in [0.15, 0.2) is 72.3 Å². The molecule has 25 heavy (non-hydrogen) atoms. The average molecular weight is 349 g/mol. The maximum atomic E-state index is 12.4. The number of nitriles is 1. The van der Waals surface area contributed by atoms with Crippen molar-refractivity contribution < 1.29 is 9.90 Å². The number of hydrogen-bond acceptors (Lipinski definition) is 3. The highest BCUT2D eigenvalue weighted by Gasteiger charge is 2.18. The van der Waals surface area contributed by atoms with Gasteiger partial charge in [-0.05, 0) is 29.0 Å². The molecule has 122 valence electrons. The van der Waals surface area contributed by atoms with Crippen molar-refractivity contribution in [2.24, 2.45) is 0 Å². The van der Waals surface area contributed by atoms with E-state index in [4.69, 9.17) is 11.6 Å². The van der Waals surface area contributed by atoms with Gasteiger partial charge >= 0.3 is 0 Å². The van der Waals surface area contributed by atoms with E-state index in [1.807, 2.05) is 30.3 Å². The fourth-order valence-electron chi connectivity index (χ4n) is 2.54. The van der Waals surface area contributed by atoms with Crippen LogP contribution in [-0.2, 0) is 4.79 Å². The molecule has 1 amide bonds. The van der Waals surface area contributed by atoms with Crippen molar-refractivity contribution in [1.82, 2.24) is 0 Å². The fourth-order valence-corrected chi connectivity index (χ4v) is 2.73. The van der Waals surface area contributed by atoms with Crippen molar-refractivity contribution in [1.29, 1.82) is 5.26 Å². The van der Waals surface area contributed by atoms with Gasteiger partial charge in [-0.2, -0.15) is 5.26 Å². The van der Waals surface area contributed by atoms with Gasteiger partial charge in [0.2, 0.25) is 0 Å². The van der Waals surface area contributed by atoms with Gasteiger partial charge in [0, 0.05) is 16.3 Å². The standard InChI is InChI=1S/C20H13ClN2O2/c21-14-7-4-8-15(11-14)23-20(25)18(12-22)19(24)17-10-3-6-13-5-1-2-9-16(13)17/h1-11,24H,(H,23,25)/b19-18-. The monoisotopic (exact) mass is 348 g/mol. The van der Waals surface area contributed by atoms with Gasteiger partial charge < -0.3 is 10.4 Å². The van der Waals surface area contributed by atoms with E-state index >= 15 is 0 Å². The van der Waals surface area contributed by atoms with Crippen LogP contribution in [0.2, 0.25) is 5.02 Å². The lowest BCUT2D eigenvalue weighted by atomic mass is 10.0. The Morgan fingerprint density at radius 1 is 1.04 bits per heavy atom. The zero-order chi connectivity index (χ0) is 17.8. The van der Waals surface area contributed by atoms with Crippen LogP contribution in [0.5, 0.6) is 0 Å². The van der Waals surface area contributed by atoms with Crippen LogP contribution in [0.25, 0.3) is 16.5 Å². The Morgan fingerprint density at radius 2 is 1.76 bits per heavy atom. The second-order valence-corrected chi connectivity index (χ2v) is 5.76. The molecular weight excluding hydrogens is 336 g/mol. The number of carbonyl (C=O) groups is 1. The van der Waals surface area contributed by atoms with Crippen LogP contribution >= 0.6 is 11.6 Å². The zero-order valence-corrected chi connectivity index (χ0v) is 13.8. The molecule has 0 atom stereocenters. The lowest BCUT2D eigenvalue weighted by Crippen LogP contribution is -2.15. The lowest BCUT2D eigenvalue weighted by Gasteiger charge is -2.09. The molecule has 3 aromatic rings. The van der Waals surface area contributed by atoms with Gasteiger partial charge in [-0.25, -0.2) is 0 Å². The molecule has 3 aromatic carbocycles. The molecule has 0 unspecified atom stereocenters. The number of halogens is 1. The van der Waals surface area contributed by atoms with Crippen LogP contribution in [0.4, 0.5) is 5.69 Å². The van der Waals surface area contributed by atoms with Crippen LogP contribution in [0, 0.1) is 11.3 Å². The number of carbonyl (C=O) groups excluding carboxylic acids is 1. The minimum absolute atomic E-state index is 0.362. The Balaban J connectivity index is 2.03. The summed E-state index contributed by atoms with van der Waals surface area (Å²) in [5.41, 5.74) is 0.503. The van der Waals surface area contributed by atoms with Crippen molar-refractivity contribution in [3.8, 4) is 6.07 Å². The van der Waals surface area contributed by atoms with Gasteiger partial charge in [0.15, 0.2) is 5.57 Å².